The molecule has 0 radical (unpaired) electrons. The zero-order chi connectivity index (χ0) is 12.4. The van der Waals surface area contributed by atoms with E-state index in [1.165, 1.54) is 19.2 Å². The van der Waals surface area contributed by atoms with Crippen molar-refractivity contribution in [1.82, 2.24) is 5.32 Å². The molecular formula is C12H15NO4. The van der Waals surface area contributed by atoms with Crippen LogP contribution < -0.4 is 10.1 Å². The van der Waals surface area contributed by atoms with Crippen molar-refractivity contribution in [2.24, 2.45) is 0 Å². The topological polar surface area (TPSA) is 78.8 Å². The van der Waals surface area contributed by atoms with E-state index in [1.54, 1.807) is 0 Å². The molecule has 0 bridgehead atoms. The zero-order valence-corrected chi connectivity index (χ0v) is 9.56. The summed E-state index contributed by atoms with van der Waals surface area (Å²) in [4.78, 5) is 11.0. The van der Waals surface area contributed by atoms with Crippen LogP contribution in [-0.4, -0.2) is 36.4 Å². The largest absolute Gasteiger partial charge is 0.504 e. The molecular weight excluding hydrogens is 222 g/mol. The lowest BCUT2D eigenvalue weighted by atomic mass is 9.95. The highest BCUT2D eigenvalue weighted by Gasteiger charge is 2.23. The molecule has 17 heavy (non-hydrogen) atoms. The summed E-state index contributed by atoms with van der Waals surface area (Å²) in [5.74, 6) is -0.614. The second-order valence-electron chi connectivity index (χ2n) is 4.11. The normalized spacial score (nSPS) is 19.2. The molecule has 0 spiro atoms. The third kappa shape index (κ3) is 2.19. The van der Waals surface area contributed by atoms with Gasteiger partial charge in [0.1, 0.15) is 0 Å². The lowest BCUT2D eigenvalue weighted by molar-refractivity contribution is 0.0696. The van der Waals surface area contributed by atoms with E-state index in [0.717, 1.165) is 19.5 Å². The highest BCUT2D eigenvalue weighted by Crippen LogP contribution is 2.38. The van der Waals surface area contributed by atoms with Gasteiger partial charge in [0.2, 0.25) is 0 Å². The Kier molecular flexibility index (Phi) is 3.19. The van der Waals surface area contributed by atoms with Gasteiger partial charge in [0.05, 0.1) is 12.7 Å². The number of rotatable bonds is 3. The summed E-state index contributed by atoms with van der Waals surface area (Å²) in [6, 6.07) is 2.86. The molecule has 1 fully saturated rings. The summed E-state index contributed by atoms with van der Waals surface area (Å²) in [6.45, 7) is 1.63. The fourth-order valence-corrected chi connectivity index (χ4v) is 2.14. The van der Waals surface area contributed by atoms with E-state index < -0.39 is 5.97 Å². The van der Waals surface area contributed by atoms with Crippen LogP contribution in [0.4, 0.5) is 0 Å². The number of hydrogen-bond acceptors (Lipinski definition) is 4. The number of phenolic OH excluding ortho intramolecular Hbond substituents is 1. The Labute approximate surface area is 99.0 Å². The van der Waals surface area contributed by atoms with Gasteiger partial charge < -0.3 is 20.3 Å². The van der Waals surface area contributed by atoms with Gasteiger partial charge in [-0.2, -0.15) is 0 Å². The first kappa shape index (κ1) is 11.7. The molecule has 1 atom stereocenters. The van der Waals surface area contributed by atoms with E-state index in [0.29, 0.717) is 5.56 Å². The fraction of sp³-hybridized carbons (Fsp3) is 0.417. The molecule has 1 unspecified atom stereocenters. The predicted molar refractivity (Wildman–Crippen MR) is 61.8 cm³/mol. The van der Waals surface area contributed by atoms with E-state index in [-0.39, 0.29) is 23.0 Å². The van der Waals surface area contributed by atoms with Gasteiger partial charge in [0.25, 0.3) is 0 Å². The van der Waals surface area contributed by atoms with Gasteiger partial charge >= 0.3 is 5.97 Å². The molecule has 2 rings (SSSR count). The molecule has 5 heteroatoms. The highest BCUT2D eigenvalue weighted by molar-refractivity contribution is 5.89. The van der Waals surface area contributed by atoms with Crippen molar-refractivity contribution in [3.8, 4) is 11.5 Å². The second-order valence-corrected chi connectivity index (χ2v) is 4.11. The van der Waals surface area contributed by atoms with Crippen molar-refractivity contribution in [2.45, 2.75) is 12.3 Å². The molecule has 0 aliphatic carbocycles. The highest BCUT2D eigenvalue weighted by atomic mass is 16.5. The summed E-state index contributed by atoms with van der Waals surface area (Å²) in [7, 11) is 1.41. The molecule has 0 amide bonds. The molecule has 1 aromatic carbocycles. The molecule has 1 aliphatic rings. The number of aromatic hydroxyl groups is 1. The number of carboxylic acid groups (broad SMARTS) is 1. The van der Waals surface area contributed by atoms with Crippen LogP contribution in [0.15, 0.2) is 12.1 Å². The van der Waals surface area contributed by atoms with E-state index in [1.807, 2.05) is 0 Å². The van der Waals surface area contributed by atoms with Gasteiger partial charge in [-0.05, 0) is 25.1 Å². The number of ether oxygens (including phenoxy) is 1. The van der Waals surface area contributed by atoms with Crippen molar-refractivity contribution in [1.29, 1.82) is 0 Å². The Morgan fingerprint density at radius 3 is 2.82 bits per heavy atom. The number of nitrogens with one attached hydrogen (secondary N) is 1. The van der Waals surface area contributed by atoms with Crippen LogP contribution in [0, 0.1) is 0 Å². The molecule has 3 N–H and O–H groups in total. The summed E-state index contributed by atoms with van der Waals surface area (Å²) >= 11 is 0. The number of carboxylic acids is 1. The SMILES string of the molecule is COc1cc(C(=O)O)cc(C2CCNC2)c1O. The first-order chi connectivity index (χ1) is 8.13. The van der Waals surface area contributed by atoms with Gasteiger partial charge in [-0.25, -0.2) is 4.79 Å². The van der Waals surface area contributed by atoms with Gasteiger partial charge in [-0.3, -0.25) is 0 Å². The van der Waals surface area contributed by atoms with Crippen LogP contribution in [0.3, 0.4) is 0 Å². The average molecular weight is 237 g/mol. The standard InChI is InChI=1S/C12H15NO4/c1-17-10-5-8(12(15)16)4-9(11(10)14)7-2-3-13-6-7/h4-5,7,13-14H,2-3,6H2,1H3,(H,15,16). The second kappa shape index (κ2) is 4.63. The smallest absolute Gasteiger partial charge is 0.335 e. The number of carbonyl (C=O) groups is 1. The summed E-state index contributed by atoms with van der Waals surface area (Å²) < 4.78 is 5.00. The molecule has 1 aliphatic heterocycles. The van der Waals surface area contributed by atoms with Gasteiger partial charge in [0, 0.05) is 18.0 Å². The van der Waals surface area contributed by atoms with Crippen LogP contribution in [0.25, 0.3) is 0 Å². The Bertz CT molecular complexity index is 438. The van der Waals surface area contributed by atoms with Gasteiger partial charge in [-0.15, -0.1) is 0 Å². The molecule has 0 saturated carbocycles. The molecule has 0 aromatic heterocycles. The maximum absolute atomic E-state index is 11.0. The van der Waals surface area contributed by atoms with Gasteiger partial charge in [0.15, 0.2) is 11.5 Å². The Hall–Kier alpha value is -1.75. The molecule has 92 valence electrons. The lowest BCUT2D eigenvalue weighted by Gasteiger charge is -2.14. The minimum absolute atomic E-state index is 0.0474. The first-order valence-electron chi connectivity index (χ1n) is 5.48. The van der Waals surface area contributed by atoms with E-state index in [9.17, 15) is 9.90 Å². The molecule has 5 nitrogen and oxygen atoms in total. The predicted octanol–water partition coefficient (Wildman–Crippen LogP) is 1.18. The Morgan fingerprint density at radius 2 is 2.29 bits per heavy atom. The minimum atomic E-state index is -1.02. The number of aromatic carboxylic acids is 1. The fourth-order valence-electron chi connectivity index (χ4n) is 2.14. The number of methoxy groups -OCH3 is 1. The van der Waals surface area contributed by atoms with Crippen molar-refractivity contribution in [3.05, 3.63) is 23.3 Å². The number of phenols is 1. The van der Waals surface area contributed by atoms with Crippen LogP contribution in [0.2, 0.25) is 0 Å². The van der Waals surface area contributed by atoms with Crippen molar-refractivity contribution >= 4 is 5.97 Å². The quantitative estimate of drug-likeness (QED) is 0.735. The zero-order valence-electron chi connectivity index (χ0n) is 9.56. The lowest BCUT2D eigenvalue weighted by Crippen LogP contribution is -2.09. The minimum Gasteiger partial charge on any atom is -0.504 e. The molecule has 1 aromatic rings. The molecule has 1 saturated heterocycles. The summed E-state index contributed by atoms with van der Waals surface area (Å²) in [6.07, 6.45) is 0.889. The average Bonchev–Trinajstić information content (AvgIpc) is 2.82. The van der Waals surface area contributed by atoms with E-state index >= 15 is 0 Å². The van der Waals surface area contributed by atoms with E-state index in [2.05, 4.69) is 5.32 Å². The monoisotopic (exact) mass is 237 g/mol. The number of hydrogen-bond donors (Lipinski definition) is 3. The molecule has 1 heterocycles. The van der Waals surface area contributed by atoms with E-state index in [4.69, 9.17) is 9.84 Å². The third-order valence-electron chi connectivity index (χ3n) is 3.07. The third-order valence-corrected chi connectivity index (χ3v) is 3.07. The van der Waals surface area contributed by atoms with Crippen LogP contribution in [0.1, 0.15) is 28.3 Å². The van der Waals surface area contributed by atoms with Crippen molar-refractivity contribution < 1.29 is 19.7 Å². The van der Waals surface area contributed by atoms with Crippen LogP contribution in [-0.2, 0) is 0 Å². The van der Waals surface area contributed by atoms with Crippen molar-refractivity contribution in [3.63, 3.8) is 0 Å². The summed E-state index contributed by atoms with van der Waals surface area (Å²) in [5, 5.41) is 22.2. The Morgan fingerprint density at radius 1 is 1.53 bits per heavy atom. The Balaban J connectivity index is 2.48. The van der Waals surface area contributed by atoms with Gasteiger partial charge in [-0.1, -0.05) is 0 Å². The van der Waals surface area contributed by atoms with Crippen LogP contribution >= 0.6 is 0 Å². The maximum atomic E-state index is 11.0. The van der Waals surface area contributed by atoms with Crippen molar-refractivity contribution in [2.75, 3.05) is 20.2 Å². The summed E-state index contributed by atoms with van der Waals surface area (Å²) in [5.41, 5.74) is 0.785. The first-order valence-corrected chi connectivity index (χ1v) is 5.48. The van der Waals surface area contributed by atoms with Crippen LogP contribution in [0.5, 0.6) is 11.5 Å². The number of benzene rings is 1. The maximum Gasteiger partial charge on any atom is 0.335 e.